The average molecular weight is 183 g/mol. The molecule has 0 saturated carbocycles. The number of aryl methyl sites for hydroxylation is 1. The molecule has 1 nitrogen and oxygen atoms in total. The van der Waals surface area contributed by atoms with Gasteiger partial charge in [-0.05, 0) is 18.8 Å². The number of thiazole rings is 1. The van der Waals surface area contributed by atoms with Crippen molar-refractivity contribution in [1.82, 2.24) is 4.98 Å². The van der Waals surface area contributed by atoms with Crippen LogP contribution in [-0.4, -0.2) is 4.98 Å². The molecule has 12 heavy (non-hydrogen) atoms. The molecule has 0 fully saturated rings. The number of nitrogens with zero attached hydrogens (tertiary/aromatic N) is 1. The molecule has 0 N–H and O–H groups in total. The van der Waals surface area contributed by atoms with Crippen LogP contribution in [0, 0.1) is 5.92 Å². The Kier molecular flexibility index (Phi) is 3.73. The van der Waals surface area contributed by atoms with E-state index in [4.69, 9.17) is 0 Å². The summed E-state index contributed by atoms with van der Waals surface area (Å²) in [6, 6.07) is 0. The van der Waals surface area contributed by atoms with Gasteiger partial charge < -0.3 is 0 Å². The van der Waals surface area contributed by atoms with Gasteiger partial charge in [0.1, 0.15) is 0 Å². The Balaban J connectivity index is 2.63. The molecule has 0 radical (unpaired) electrons. The fraction of sp³-hybridized carbons (Fsp3) is 0.700. The van der Waals surface area contributed by atoms with Crippen molar-refractivity contribution in [2.75, 3.05) is 0 Å². The summed E-state index contributed by atoms with van der Waals surface area (Å²) in [6.45, 7) is 6.73. The first-order valence-corrected chi connectivity index (χ1v) is 5.53. The molecule has 1 aromatic rings. The van der Waals surface area contributed by atoms with Crippen LogP contribution in [0.5, 0.6) is 0 Å². The van der Waals surface area contributed by atoms with E-state index in [-0.39, 0.29) is 0 Å². The summed E-state index contributed by atoms with van der Waals surface area (Å²) in [4.78, 5) is 5.87. The van der Waals surface area contributed by atoms with Crippen LogP contribution in [0.2, 0.25) is 0 Å². The van der Waals surface area contributed by atoms with Gasteiger partial charge in [0, 0.05) is 4.88 Å². The fourth-order valence-corrected chi connectivity index (χ4v) is 2.30. The van der Waals surface area contributed by atoms with Crippen molar-refractivity contribution >= 4 is 11.3 Å². The highest BCUT2D eigenvalue weighted by Gasteiger charge is 2.06. The van der Waals surface area contributed by atoms with E-state index in [0.29, 0.717) is 0 Å². The molecule has 0 amide bonds. The van der Waals surface area contributed by atoms with Gasteiger partial charge in [-0.15, -0.1) is 11.3 Å². The third-order valence-corrected chi connectivity index (χ3v) is 2.70. The second kappa shape index (κ2) is 4.61. The quantitative estimate of drug-likeness (QED) is 0.698. The number of rotatable bonds is 4. The lowest BCUT2D eigenvalue weighted by molar-refractivity contribution is 0.647. The van der Waals surface area contributed by atoms with E-state index >= 15 is 0 Å². The molecule has 0 bridgehead atoms. The zero-order chi connectivity index (χ0) is 8.97. The summed E-state index contributed by atoms with van der Waals surface area (Å²) in [5.74, 6) is 0.751. The second-order valence-electron chi connectivity index (χ2n) is 3.57. The van der Waals surface area contributed by atoms with E-state index in [1.165, 1.54) is 23.4 Å². The standard InChI is InChI=1S/C10H17NS/c1-4-5-9-10(6-8(2)3)12-7-11-9/h7-8H,4-6H2,1-3H3. The zero-order valence-electron chi connectivity index (χ0n) is 8.13. The zero-order valence-corrected chi connectivity index (χ0v) is 8.95. The van der Waals surface area contributed by atoms with Crippen molar-refractivity contribution in [2.45, 2.75) is 40.0 Å². The monoisotopic (exact) mass is 183 g/mol. The van der Waals surface area contributed by atoms with Crippen molar-refractivity contribution in [3.63, 3.8) is 0 Å². The molecule has 68 valence electrons. The lowest BCUT2D eigenvalue weighted by atomic mass is 10.1. The third kappa shape index (κ3) is 2.59. The van der Waals surface area contributed by atoms with Gasteiger partial charge in [-0.2, -0.15) is 0 Å². The fourth-order valence-electron chi connectivity index (χ4n) is 1.27. The topological polar surface area (TPSA) is 12.9 Å². The molecule has 0 aliphatic rings. The molecule has 1 heterocycles. The Morgan fingerprint density at radius 1 is 1.50 bits per heavy atom. The molecule has 0 aromatic carbocycles. The Bertz CT molecular complexity index is 227. The minimum atomic E-state index is 0.751. The minimum Gasteiger partial charge on any atom is -0.249 e. The molecule has 0 atom stereocenters. The van der Waals surface area contributed by atoms with Crippen LogP contribution in [0.4, 0.5) is 0 Å². The van der Waals surface area contributed by atoms with E-state index in [1.807, 2.05) is 5.51 Å². The van der Waals surface area contributed by atoms with Crippen LogP contribution in [0.3, 0.4) is 0 Å². The Hall–Kier alpha value is -0.370. The summed E-state index contributed by atoms with van der Waals surface area (Å²) >= 11 is 1.81. The van der Waals surface area contributed by atoms with Gasteiger partial charge in [0.25, 0.3) is 0 Å². The largest absolute Gasteiger partial charge is 0.249 e. The maximum absolute atomic E-state index is 4.38. The van der Waals surface area contributed by atoms with Gasteiger partial charge in [0.05, 0.1) is 11.2 Å². The van der Waals surface area contributed by atoms with E-state index in [0.717, 1.165) is 12.3 Å². The van der Waals surface area contributed by atoms with Gasteiger partial charge in [-0.3, -0.25) is 0 Å². The maximum atomic E-state index is 4.38. The molecule has 0 saturated heterocycles. The van der Waals surface area contributed by atoms with Crippen LogP contribution in [0.25, 0.3) is 0 Å². The normalized spacial score (nSPS) is 11.0. The average Bonchev–Trinajstić information content (AvgIpc) is 2.37. The highest BCUT2D eigenvalue weighted by atomic mass is 32.1. The summed E-state index contributed by atoms with van der Waals surface area (Å²) < 4.78 is 0. The summed E-state index contributed by atoms with van der Waals surface area (Å²) in [6.07, 6.45) is 3.54. The molecule has 2 heteroatoms. The first kappa shape index (κ1) is 9.72. The predicted molar refractivity (Wildman–Crippen MR) is 54.7 cm³/mol. The van der Waals surface area contributed by atoms with E-state index in [1.54, 1.807) is 11.3 Å². The van der Waals surface area contributed by atoms with Crippen LogP contribution >= 0.6 is 11.3 Å². The summed E-state index contributed by atoms with van der Waals surface area (Å²) in [5, 5.41) is 0. The first-order valence-electron chi connectivity index (χ1n) is 4.65. The maximum Gasteiger partial charge on any atom is 0.0797 e. The van der Waals surface area contributed by atoms with Crippen LogP contribution < -0.4 is 0 Å². The minimum absolute atomic E-state index is 0.751. The van der Waals surface area contributed by atoms with Gasteiger partial charge >= 0.3 is 0 Å². The Labute approximate surface area is 78.8 Å². The van der Waals surface area contributed by atoms with Crippen molar-refractivity contribution in [1.29, 1.82) is 0 Å². The Morgan fingerprint density at radius 2 is 2.25 bits per heavy atom. The Morgan fingerprint density at radius 3 is 2.83 bits per heavy atom. The first-order chi connectivity index (χ1) is 5.74. The third-order valence-electron chi connectivity index (χ3n) is 1.81. The van der Waals surface area contributed by atoms with Crippen LogP contribution in [0.1, 0.15) is 37.8 Å². The molecule has 1 rings (SSSR count). The highest BCUT2D eigenvalue weighted by Crippen LogP contribution is 2.18. The molecule has 0 spiro atoms. The SMILES string of the molecule is CCCc1ncsc1CC(C)C. The molecule has 0 aliphatic carbocycles. The lowest BCUT2D eigenvalue weighted by Gasteiger charge is -2.03. The number of aromatic nitrogens is 1. The number of hydrogen-bond donors (Lipinski definition) is 0. The van der Waals surface area contributed by atoms with Crippen LogP contribution in [0.15, 0.2) is 5.51 Å². The molecule has 0 unspecified atom stereocenters. The van der Waals surface area contributed by atoms with Crippen molar-refractivity contribution in [2.24, 2.45) is 5.92 Å². The molecular formula is C10H17NS. The van der Waals surface area contributed by atoms with Crippen LogP contribution in [-0.2, 0) is 12.8 Å². The number of hydrogen-bond acceptors (Lipinski definition) is 2. The van der Waals surface area contributed by atoms with E-state index in [2.05, 4.69) is 25.8 Å². The smallest absolute Gasteiger partial charge is 0.0797 e. The second-order valence-corrected chi connectivity index (χ2v) is 4.51. The molecule has 0 aliphatic heterocycles. The van der Waals surface area contributed by atoms with Crippen molar-refractivity contribution in [3.05, 3.63) is 16.1 Å². The van der Waals surface area contributed by atoms with Crippen molar-refractivity contribution in [3.8, 4) is 0 Å². The van der Waals surface area contributed by atoms with Gasteiger partial charge in [0.2, 0.25) is 0 Å². The predicted octanol–water partition coefficient (Wildman–Crippen LogP) is 3.29. The summed E-state index contributed by atoms with van der Waals surface area (Å²) in [5.41, 5.74) is 3.30. The van der Waals surface area contributed by atoms with E-state index in [9.17, 15) is 0 Å². The van der Waals surface area contributed by atoms with Crippen molar-refractivity contribution < 1.29 is 0 Å². The highest BCUT2D eigenvalue weighted by molar-refractivity contribution is 7.09. The molecular weight excluding hydrogens is 166 g/mol. The van der Waals surface area contributed by atoms with Gasteiger partial charge in [0.15, 0.2) is 0 Å². The van der Waals surface area contributed by atoms with E-state index < -0.39 is 0 Å². The lowest BCUT2D eigenvalue weighted by Crippen LogP contribution is -1.96. The summed E-state index contributed by atoms with van der Waals surface area (Å²) in [7, 11) is 0. The van der Waals surface area contributed by atoms with Gasteiger partial charge in [-0.25, -0.2) is 4.98 Å². The molecule has 1 aromatic heterocycles. The van der Waals surface area contributed by atoms with Gasteiger partial charge in [-0.1, -0.05) is 27.2 Å².